The second kappa shape index (κ2) is 7.54. The molecule has 2 amide bonds. The van der Waals surface area contributed by atoms with Crippen LogP contribution >= 0.6 is 0 Å². The molecule has 1 aliphatic heterocycles. The molecule has 0 spiro atoms. The minimum atomic E-state index is -0.953. The first kappa shape index (κ1) is 18.9. The van der Waals surface area contributed by atoms with Crippen molar-refractivity contribution >= 4 is 39.5 Å². The van der Waals surface area contributed by atoms with E-state index >= 15 is 0 Å². The normalized spacial score (nSPS) is 19.0. The lowest BCUT2D eigenvalue weighted by molar-refractivity contribution is -0.148. The highest BCUT2D eigenvalue weighted by Crippen LogP contribution is 2.31. The molecule has 3 aromatic carbocycles. The lowest BCUT2D eigenvalue weighted by Crippen LogP contribution is -2.43. The second-order valence-corrected chi connectivity index (χ2v) is 7.20. The third-order valence-corrected chi connectivity index (χ3v) is 5.54. The molecule has 0 saturated carbocycles. The van der Waals surface area contributed by atoms with Crippen LogP contribution < -0.4 is 0 Å². The van der Waals surface area contributed by atoms with Crippen LogP contribution in [0.2, 0.25) is 0 Å². The Morgan fingerprint density at radius 3 is 2.38 bits per heavy atom. The van der Waals surface area contributed by atoms with Crippen LogP contribution in [0.3, 0.4) is 0 Å². The molecule has 29 heavy (non-hydrogen) atoms. The minimum Gasteiger partial charge on any atom is -0.467 e. The van der Waals surface area contributed by atoms with E-state index in [0.29, 0.717) is 6.42 Å². The number of esters is 1. The second-order valence-electron chi connectivity index (χ2n) is 7.20. The van der Waals surface area contributed by atoms with E-state index in [1.165, 1.54) is 14.2 Å². The Kier molecular flexibility index (Phi) is 4.92. The number of ether oxygens (including phenoxy) is 2. The fraction of sp³-hybridized carbons (Fsp3) is 0.261. The molecule has 0 unspecified atom stereocenters. The predicted molar refractivity (Wildman–Crippen MR) is 108 cm³/mol. The van der Waals surface area contributed by atoms with Crippen LogP contribution in [0.4, 0.5) is 4.79 Å². The topological polar surface area (TPSA) is 72.9 Å². The summed E-state index contributed by atoms with van der Waals surface area (Å²) in [6.07, 6.45) is -0.190. The molecule has 148 valence electrons. The molecule has 0 aliphatic carbocycles. The summed E-state index contributed by atoms with van der Waals surface area (Å²) in [5.74, 6) is -1.52. The SMILES string of the molecule is COC(=O)[C@@H]1C[C@@H](Cc2ccc3ccc4ccccc4c3c2)C(=O)N1C(=O)OC. The molecule has 0 radical (unpaired) electrons. The fourth-order valence-electron chi connectivity index (χ4n) is 4.11. The largest absolute Gasteiger partial charge is 0.467 e. The summed E-state index contributed by atoms with van der Waals surface area (Å²) in [4.78, 5) is 37.9. The molecular formula is C23H21NO5. The van der Waals surface area contributed by atoms with Gasteiger partial charge >= 0.3 is 12.1 Å². The van der Waals surface area contributed by atoms with Crippen molar-refractivity contribution in [1.29, 1.82) is 0 Å². The summed E-state index contributed by atoms with van der Waals surface area (Å²) >= 11 is 0. The van der Waals surface area contributed by atoms with Crippen molar-refractivity contribution in [3.05, 3.63) is 60.2 Å². The molecular weight excluding hydrogens is 370 g/mol. The lowest BCUT2D eigenvalue weighted by atomic mass is 9.93. The zero-order valence-electron chi connectivity index (χ0n) is 16.3. The maximum atomic E-state index is 12.8. The highest BCUT2D eigenvalue weighted by Gasteiger charge is 2.47. The number of amides is 2. The predicted octanol–water partition coefficient (Wildman–Crippen LogP) is 3.69. The van der Waals surface area contributed by atoms with Gasteiger partial charge in [-0.3, -0.25) is 4.79 Å². The first-order chi connectivity index (χ1) is 14.0. The third-order valence-electron chi connectivity index (χ3n) is 5.54. The van der Waals surface area contributed by atoms with E-state index in [0.717, 1.165) is 32.0 Å². The molecule has 4 rings (SSSR count). The van der Waals surface area contributed by atoms with Crippen LogP contribution in [0.25, 0.3) is 21.5 Å². The zero-order chi connectivity index (χ0) is 20.5. The van der Waals surface area contributed by atoms with Crippen molar-refractivity contribution in [3.63, 3.8) is 0 Å². The van der Waals surface area contributed by atoms with Crippen molar-refractivity contribution in [2.45, 2.75) is 18.9 Å². The van der Waals surface area contributed by atoms with Gasteiger partial charge in [0.15, 0.2) is 0 Å². The summed E-state index contributed by atoms with van der Waals surface area (Å²) in [5, 5.41) is 4.53. The van der Waals surface area contributed by atoms with E-state index in [1.54, 1.807) is 0 Å². The van der Waals surface area contributed by atoms with Crippen LogP contribution in [0.5, 0.6) is 0 Å². The number of imide groups is 1. The quantitative estimate of drug-likeness (QED) is 0.503. The van der Waals surface area contributed by atoms with Gasteiger partial charge in [0.05, 0.1) is 14.2 Å². The van der Waals surface area contributed by atoms with Crippen molar-refractivity contribution in [3.8, 4) is 0 Å². The number of rotatable bonds is 3. The third kappa shape index (κ3) is 3.31. The van der Waals surface area contributed by atoms with Gasteiger partial charge in [-0.05, 0) is 39.9 Å². The van der Waals surface area contributed by atoms with Crippen LogP contribution in [0.1, 0.15) is 12.0 Å². The van der Waals surface area contributed by atoms with Gasteiger partial charge in [-0.2, -0.15) is 0 Å². The number of hydrogen-bond donors (Lipinski definition) is 0. The van der Waals surface area contributed by atoms with Crippen LogP contribution in [-0.2, 0) is 25.5 Å². The van der Waals surface area contributed by atoms with Gasteiger partial charge in [0, 0.05) is 5.92 Å². The Bertz CT molecular complexity index is 1120. The van der Waals surface area contributed by atoms with Crippen LogP contribution in [-0.4, -0.2) is 43.1 Å². The molecule has 1 fully saturated rings. The van der Waals surface area contributed by atoms with Crippen molar-refractivity contribution in [2.24, 2.45) is 5.92 Å². The average molecular weight is 391 g/mol. The summed E-state index contributed by atoms with van der Waals surface area (Å²) in [6.45, 7) is 0. The molecule has 6 nitrogen and oxygen atoms in total. The number of hydrogen-bond acceptors (Lipinski definition) is 5. The monoisotopic (exact) mass is 391 g/mol. The zero-order valence-corrected chi connectivity index (χ0v) is 16.3. The van der Waals surface area contributed by atoms with Gasteiger partial charge < -0.3 is 9.47 Å². The Morgan fingerprint density at radius 1 is 0.966 bits per heavy atom. The van der Waals surface area contributed by atoms with Crippen molar-refractivity contribution < 1.29 is 23.9 Å². The molecule has 0 bridgehead atoms. The molecule has 2 atom stereocenters. The van der Waals surface area contributed by atoms with Gasteiger partial charge in [0.1, 0.15) is 6.04 Å². The Labute approximate surface area is 168 Å². The average Bonchev–Trinajstić information content (AvgIpc) is 3.08. The maximum absolute atomic E-state index is 12.8. The van der Waals surface area contributed by atoms with Gasteiger partial charge in [0.2, 0.25) is 5.91 Å². The standard InChI is InChI=1S/C23H21NO5/c1-28-22(26)20-13-17(21(25)24(20)23(27)29-2)11-14-7-8-16-10-9-15-5-3-4-6-18(15)19(16)12-14/h3-10,12,17,20H,11,13H2,1-2H3/t17-,20+/m1/s1. The lowest BCUT2D eigenvalue weighted by Gasteiger charge is -2.18. The molecule has 0 N–H and O–H groups in total. The molecule has 3 aromatic rings. The number of fused-ring (bicyclic) bond motifs is 3. The molecule has 1 saturated heterocycles. The number of carbonyl (C=O) groups excluding carboxylic acids is 3. The van der Waals surface area contributed by atoms with Gasteiger partial charge in [-0.25, -0.2) is 14.5 Å². The Hall–Kier alpha value is -3.41. The first-order valence-electron chi connectivity index (χ1n) is 9.42. The number of methoxy groups -OCH3 is 2. The molecule has 1 aliphatic rings. The minimum absolute atomic E-state index is 0.216. The Balaban J connectivity index is 1.67. The Morgan fingerprint density at radius 2 is 1.66 bits per heavy atom. The van der Waals surface area contributed by atoms with Crippen LogP contribution in [0.15, 0.2) is 54.6 Å². The maximum Gasteiger partial charge on any atom is 0.417 e. The number of carbonyl (C=O) groups is 3. The fourth-order valence-corrected chi connectivity index (χ4v) is 4.11. The van der Waals surface area contributed by atoms with Gasteiger partial charge in [0.25, 0.3) is 0 Å². The van der Waals surface area contributed by atoms with Crippen molar-refractivity contribution in [2.75, 3.05) is 14.2 Å². The van der Waals surface area contributed by atoms with Gasteiger partial charge in [-0.1, -0.05) is 54.6 Å². The molecule has 6 heteroatoms. The molecule has 0 aromatic heterocycles. The number of benzene rings is 3. The number of nitrogens with zero attached hydrogens (tertiary/aromatic N) is 1. The first-order valence-corrected chi connectivity index (χ1v) is 9.42. The van der Waals surface area contributed by atoms with Gasteiger partial charge in [-0.15, -0.1) is 0 Å². The van der Waals surface area contributed by atoms with Crippen molar-refractivity contribution in [1.82, 2.24) is 4.90 Å². The van der Waals surface area contributed by atoms with E-state index < -0.39 is 29.9 Å². The number of likely N-dealkylation sites (tertiary alicyclic amines) is 1. The van der Waals surface area contributed by atoms with E-state index in [4.69, 9.17) is 9.47 Å². The van der Waals surface area contributed by atoms with E-state index in [-0.39, 0.29) is 6.42 Å². The summed E-state index contributed by atoms with van der Waals surface area (Å²) in [6, 6.07) is 17.5. The van der Waals surface area contributed by atoms with E-state index in [1.807, 2.05) is 24.3 Å². The summed E-state index contributed by atoms with van der Waals surface area (Å²) < 4.78 is 9.46. The summed E-state index contributed by atoms with van der Waals surface area (Å²) in [7, 11) is 2.43. The highest BCUT2D eigenvalue weighted by atomic mass is 16.5. The van der Waals surface area contributed by atoms with E-state index in [9.17, 15) is 14.4 Å². The van der Waals surface area contributed by atoms with E-state index in [2.05, 4.69) is 30.3 Å². The smallest absolute Gasteiger partial charge is 0.417 e. The molecule has 1 heterocycles. The van der Waals surface area contributed by atoms with Crippen LogP contribution in [0, 0.1) is 5.92 Å². The highest BCUT2D eigenvalue weighted by molar-refractivity contribution is 6.07. The summed E-state index contributed by atoms with van der Waals surface area (Å²) in [5.41, 5.74) is 0.975.